The fraction of sp³-hybridized carbons (Fsp3) is 0.154. The van der Waals surface area contributed by atoms with Crippen LogP contribution in [0.3, 0.4) is 0 Å². The molecular formula is C13H13N3S. The molecule has 2 rings (SSSR count). The minimum atomic E-state index is 0.519. The van der Waals surface area contributed by atoms with Crippen LogP contribution in [0.2, 0.25) is 0 Å². The summed E-state index contributed by atoms with van der Waals surface area (Å²) in [5.74, 6) is 0. The molecule has 3 N–H and O–H groups in total. The van der Waals surface area contributed by atoms with Crippen LogP contribution in [0.4, 0.5) is 11.4 Å². The zero-order valence-corrected chi connectivity index (χ0v) is 10.1. The second-order valence-corrected chi connectivity index (χ2v) is 4.50. The molecule has 1 heterocycles. The first kappa shape index (κ1) is 11.5. The largest absolute Gasteiger partial charge is 0.398 e. The quantitative estimate of drug-likeness (QED) is 0.812. The summed E-state index contributed by atoms with van der Waals surface area (Å²) in [5.41, 5.74) is 8.97. The number of rotatable bonds is 4. The molecule has 0 aliphatic carbocycles. The molecule has 4 heteroatoms. The van der Waals surface area contributed by atoms with Gasteiger partial charge in [0.1, 0.15) is 6.07 Å². The summed E-state index contributed by atoms with van der Waals surface area (Å²) in [5, 5.41) is 16.4. The summed E-state index contributed by atoms with van der Waals surface area (Å²) >= 11 is 1.71. The Morgan fingerprint density at radius 2 is 2.24 bits per heavy atom. The molecule has 0 bridgehead atoms. The van der Waals surface area contributed by atoms with Gasteiger partial charge in [-0.3, -0.25) is 0 Å². The minimum Gasteiger partial charge on any atom is -0.398 e. The van der Waals surface area contributed by atoms with Gasteiger partial charge in [0.05, 0.1) is 5.56 Å². The smallest absolute Gasteiger partial charge is 0.101 e. The molecule has 0 spiro atoms. The zero-order chi connectivity index (χ0) is 12.1. The number of benzene rings is 1. The van der Waals surface area contributed by atoms with Gasteiger partial charge in [-0.15, -0.1) is 0 Å². The van der Waals surface area contributed by atoms with E-state index in [0.717, 1.165) is 18.7 Å². The number of hydrogen-bond acceptors (Lipinski definition) is 4. The van der Waals surface area contributed by atoms with Crippen molar-refractivity contribution in [3.63, 3.8) is 0 Å². The number of nitrogens with one attached hydrogen (secondary N) is 1. The van der Waals surface area contributed by atoms with Crippen molar-refractivity contribution in [3.8, 4) is 6.07 Å². The standard InChI is InChI=1S/C13H13N3S/c14-8-11-7-12(1-2-13(11)15)16-5-3-10-4-6-17-9-10/h1-2,4,6-7,9,16H,3,5,15H2. The van der Waals surface area contributed by atoms with Gasteiger partial charge in [0, 0.05) is 17.9 Å². The van der Waals surface area contributed by atoms with Gasteiger partial charge < -0.3 is 11.1 Å². The van der Waals surface area contributed by atoms with E-state index in [4.69, 9.17) is 11.0 Å². The number of thiophene rings is 1. The molecule has 1 aromatic heterocycles. The topological polar surface area (TPSA) is 61.8 Å². The Labute approximate surface area is 105 Å². The van der Waals surface area contributed by atoms with E-state index in [1.54, 1.807) is 23.5 Å². The lowest BCUT2D eigenvalue weighted by atomic mass is 10.1. The van der Waals surface area contributed by atoms with Crippen LogP contribution in [0.1, 0.15) is 11.1 Å². The third-order valence-corrected chi connectivity index (χ3v) is 3.23. The van der Waals surface area contributed by atoms with E-state index >= 15 is 0 Å². The van der Waals surface area contributed by atoms with E-state index in [-0.39, 0.29) is 0 Å². The number of anilines is 2. The van der Waals surface area contributed by atoms with Gasteiger partial charge in [0.2, 0.25) is 0 Å². The molecule has 0 saturated carbocycles. The van der Waals surface area contributed by atoms with Crippen molar-refractivity contribution in [2.24, 2.45) is 0 Å². The molecule has 0 amide bonds. The Hall–Kier alpha value is -1.99. The number of nitriles is 1. The van der Waals surface area contributed by atoms with E-state index in [1.807, 2.05) is 6.07 Å². The van der Waals surface area contributed by atoms with Gasteiger partial charge in [0.25, 0.3) is 0 Å². The molecule has 0 radical (unpaired) electrons. The molecule has 3 nitrogen and oxygen atoms in total. The molecule has 1 aromatic carbocycles. The van der Waals surface area contributed by atoms with E-state index in [9.17, 15) is 0 Å². The lowest BCUT2D eigenvalue weighted by molar-refractivity contribution is 1.03. The second kappa shape index (κ2) is 5.37. The van der Waals surface area contributed by atoms with Crippen molar-refractivity contribution < 1.29 is 0 Å². The first-order valence-corrected chi connectivity index (χ1v) is 6.28. The Bertz CT molecular complexity index is 526. The Morgan fingerprint density at radius 3 is 2.94 bits per heavy atom. The molecule has 0 saturated heterocycles. The van der Waals surface area contributed by atoms with Crippen LogP contribution in [-0.2, 0) is 6.42 Å². The Kier molecular flexibility index (Phi) is 3.63. The van der Waals surface area contributed by atoms with Crippen molar-refractivity contribution in [2.75, 3.05) is 17.6 Å². The summed E-state index contributed by atoms with van der Waals surface area (Å²) < 4.78 is 0. The summed E-state index contributed by atoms with van der Waals surface area (Å²) in [6, 6.07) is 9.63. The Balaban J connectivity index is 1.93. The Morgan fingerprint density at radius 1 is 1.35 bits per heavy atom. The summed E-state index contributed by atoms with van der Waals surface area (Å²) in [6.07, 6.45) is 0.982. The lowest BCUT2D eigenvalue weighted by Gasteiger charge is -2.06. The van der Waals surface area contributed by atoms with Crippen molar-refractivity contribution >= 4 is 22.7 Å². The van der Waals surface area contributed by atoms with Crippen molar-refractivity contribution in [3.05, 3.63) is 46.2 Å². The average Bonchev–Trinajstić information content (AvgIpc) is 2.84. The van der Waals surface area contributed by atoms with E-state index < -0.39 is 0 Å². The minimum absolute atomic E-state index is 0.519. The molecule has 17 heavy (non-hydrogen) atoms. The van der Waals surface area contributed by atoms with Gasteiger partial charge in [0.15, 0.2) is 0 Å². The second-order valence-electron chi connectivity index (χ2n) is 3.72. The molecular weight excluding hydrogens is 230 g/mol. The average molecular weight is 243 g/mol. The van der Waals surface area contributed by atoms with Crippen LogP contribution in [-0.4, -0.2) is 6.54 Å². The predicted molar refractivity (Wildman–Crippen MR) is 72.1 cm³/mol. The van der Waals surface area contributed by atoms with Gasteiger partial charge in [-0.25, -0.2) is 0 Å². The normalized spacial score (nSPS) is 9.82. The van der Waals surface area contributed by atoms with E-state index in [0.29, 0.717) is 11.3 Å². The highest BCUT2D eigenvalue weighted by Gasteiger charge is 2.00. The molecule has 0 unspecified atom stereocenters. The van der Waals surface area contributed by atoms with Crippen LogP contribution in [0.5, 0.6) is 0 Å². The third kappa shape index (κ3) is 2.99. The molecule has 86 valence electrons. The maximum Gasteiger partial charge on any atom is 0.101 e. The van der Waals surface area contributed by atoms with Gasteiger partial charge >= 0.3 is 0 Å². The number of nitrogen functional groups attached to an aromatic ring is 1. The first-order valence-electron chi connectivity index (χ1n) is 5.34. The molecule has 0 fully saturated rings. The van der Waals surface area contributed by atoms with Crippen molar-refractivity contribution in [1.29, 1.82) is 5.26 Å². The maximum atomic E-state index is 8.86. The number of nitrogens with two attached hydrogens (primary N) is 1. The van der Waals surface area contributed by atoms with Crippen LogP contribution >= 0.6 is 11.3 Å². The van der Waals surface area contributed by atoms with E-state index in [2.05, 4.69) is 28.2 Å². The van der Waals surface area contributed by atoms with Crippen molar-refractivity contribution in [1.82, 2.24) is 0 Å². The van der Waals surface area contributed by atoms with Gasteiger partial charge in [-0.05, 0) is 47.0 Å². The van der Waals surface area contributed by atoms with Crippen LogP contribution in [0.15, 0.2) is 35.0 Å². The van der Waals surface area contributed by atoms with Crippen molar-refractivity contribution in [2.45, 2.75) is 6.42 Å². The zero-order valence-electron chi connectivity index (χ0n) is 9.31. The number of nitrogens with zero attached hydrogens (tertiary/aromatic N) is 1. The summed E-state index contributed by atoms with van der Waals surface area (Å²) in [4.78, 5) is 0. The lowest BCUT2D eigenvalue weighted by Crippen LogP contribution is -2.04. The monoisotopic (exact) mass is 243 g/mol. The van der Waals surface area contributed by atoms with Gasteiger partial charge in [-0.1, -0.05) is 0 Å². The molecule has 2 aromatic rings. The highest BCUT2D eigenvalue weighted by atomic mass is 32.1. The molecule has 0 atom stereocenters. The summed E-state index contributed by atoms with van der Waals surface area (Å²) in [7, 11) is 0. The predicted octanol–water partition coefficient (Wildman–Crippen LogP) is 2.86. The highest BCUT2D eigenvalue weighted by molar-refractivity contribution is 7.07. The van der Waals surface area contributed by atoms with E-state index in [1.165, 1.54) is 5.56 Å². The van der Waals surface area contributed by atoms with Crippen LogP contribution in [0.25, 0.3) is 0 Å². The van der Waals surface area contributed by atoms with Crippen LogP contribution < -0.4 is 11.1 Å². The fourth-order valence-electron chi connectivity index (χ4n) is 1.55. The van der Waals surface area contributed by atoms with Crippen LogP contribution in [0, 0.1) is 11.3 Å². The molecule has 0 aliphatic rings. The molecule has 0 aliphatic heterocycles. The third-order valence-electron chi connectivity index (χ3n) is 2.50. The highest BCUT2D eigenvalue weighted by Crippen LogP contribution is 2.17. The number of hydrogen-bond donors (Lipinski definition) is 2. The maximum absolute atomic E-state index is 8.86. The fourth-order valence-corrected chi connectivity index (χ4v) is 2.25. The first-order chi connectivity index (χ1) is 8.29. The summed E-state index contributed by atoms with van der Waals surface area (Å²) in [6.45, 7) is 0.853. The SMILES string of the molecule is N#Cc1cc(NCCc2ccsc2)ccc1N. The van der Waals surface area contributed by atoms with Gasteiger partial charge in [-0.2, -0.15) is 16.6 Å².